The fraction of sp³-hybridized carbons (Fsp3) is 0.238. The van der Waals surface area contributed by atoms with Crippen LogP contribution in [0.5, 0.6) is 11.5 Å². The first-order chi connectivity index (χ1) is 12.9. The number of carbonyl (C=O) groups is 2. The zero-order valence-corrected chi connectivity index (χ0v) is 15.3. The maximum atomic E-state index is 13.2. The molecule has 6 nitrogen and oxygen atoms in total. The largest absolute Gasteiger partial charge is 0.481 e. The number of hydrogen-bond donors (Lipinski definition) is 1. The number of aromatic nitrogens is 1. The number of aryl methyl sites for hydroxylation is 1. The highest BCUT2D eigenvalue weighted by Crippen LogP contribution is 2.41. The summed E-state index contributed by atoms with van der Waals surface area (Å²) in [6, 6.07) is 10.8. The van der Waals surface area contributed by atoms with Gasteiger partial charge in [-0.05, 0) is 44.5 Å². The molecule has 0 aliphatic carbocycles. The van der Waals surface area contributed by atoms with E-state index in [0.717, 1.165) is 5.56 Å². The molecular weight excluding hydrogens is 346 g/mol. The summed E-state index contributed by atoms with van der Waals surface area (Å²) in [5.41, 5.74) is 3.42. The number of carboxylic acids is 1. The number of ether oxygens (including phenoxy) is 2. The van der Waals surface area contributed by atoms with Crippen molar-refractivity contribution in [1.29, 1.82) is 0 Å². The summed E-state index contributed by atoms with van der Waals surface area (Å²) >= 11 is 0. The predicted molar refractivity (Wildman–Crippen MR) is 99.8 cm³/mol. The number of nitrogens with zero attached hydrogens (tertiary/aromatic N) is 1. The summed E-state index contributed by atoms with van der Waals surface area (Å²) in [4.78, 5) is 24.9. The molecule has 4 rings (SSSR count). The highest BCUT2D eigenvalue weighted by molar-refractivity contribution is 6.05. The minimum Gasteiger partial charge on any atom is -0.481 e. The van der Waals surface area contributed by atoms with Crippen molar-refractivity contribution in [2.45, 2.75) is 26.7 Å². The Balaban J connectivity index is 1.99. The van der Waals surface area contributed by atoms with Crippen molar-refractivity contribution in [2.75, 3.05) is 6.79 Å². The molecule has 27 heavy (non-hydrogen) atoms. The molecule has 0 spiro atoms. The van der Waals surface area contributed by atoms with Gasteiger partial charge in [-0.2, -0.15) is 0 Å². The summed E-state index contributed by atoms with van der Waals surface area (Å²) in [5, 5.41) is 10.2. The van der Waals surface area contributed by atoms with Crippen LogP contribution in [0.4, 0.5) is 0 Å². The van der Waals surface area contributed by atoms with Crippen LogP contribution in [-0.2, 0) is 4.79 Å². The number of benzene rings is 2. The van der Waals surface area contributed by atoms with Crippen molar-refractivity contribution in [1.82, 2.24) is 4.57 Å². The molecule has 6 heteroatoms. The standard InChI is InChI=1S/C21H19NO5/c1-11-4-6-14(7-5-11)20(23)22-13(3)19(12(2)21(24)25)15-8-17-18(9-16(15)22)27-10-26-17/h4-9,12H,10H2,1-3H3,(H,24,25). The van der Waals surface area contributed by atoms with E-state index in [1.54, 1.807) is 42.7 Å². The first-order valence-electron chi connectivity index (χ1n) is 8.67. The van der Waals surface area contributed by atoms with Gasteiger partial charge in [0.2, 0.25) is 6.79 Å². The van der Waals surface area contributed by atoms with E-state index in [9.17, 15) is 14.7 Å². The third kappa shape index (κ3) is 2.65. The molecule has 1 aliphatic heterocycles. The summed E-state index contributed by atoms with van der Waals surface area (Å²) in [6.07, 6.45) is 0. The molecule has 2 heterocycles. The van der Waals surface area contributed by atoms with Gasteiger partial charge in [-0.25, -0.2) is 0 Å². The molecule has 3 aromatic rings. The summed E-state index contributed by atoms with van der Waals surface area (Å²) in [6.45, 7) is 5.46. The fourth-order valence-corrected chi connectivity index (χ4v) is 3.59. The van der Waals surface area contributed by atoms with Gasteiger partial charge in [-0.1, -0.05) is 17.7 Å². The number of carbonyl (C=O) groups excluding carboxylic acids is 1. The second-order valence-corrected chi connectivity index (χ2v) is 6.79. The molecular formula is C21H19NO5. The second-order valence-electron chi connectivity index (χ2n) is 6.79. The van der Waals surface area contributed by atoms with Crippen LogP contribution in [0.1, 0.15) is 40.0 Å². The Kier molecular flexibility index (Phi) is 3.91. The first-order valence-corrected chi connectivity index (χ1v) is 8.67. The van der Waals surface area contributed by atoms with Crippen molar-refractivity contribution in [2.24, 2.45) is 0 Å². The average Bonchev–Trinajstić information content (AvgIpc) is 3.20. The first kappa shape index (κ1) is 17.1. The van der Waals surface area contributed by atoms with Gasteiger partial charge in [0.1, 0.15) is 0 Å². The summed E-state index contributed by atoms with van der Waals surface area (Å²) in [7, 11) is 0. The molecule has 0 saturated heterocycles. The SMILES string of the molecule is Cc1ccc(C(=O)n2c(C)c(C(C)C(=O)O)c3cc4c(cc32)OCO4)cc1. The molecule has 1 aromatic heterocycles. The van der Waals surface area contributed by atoms with E-state index in [-0.39, 0.29) is 12.7 Å². The highest BCUT2D eigenvalue weighted by Gasteiger charge is 2.28. The number of aliphatic carboxylic acids is 1. The van der Waals surface area contributed by atoms with Crippen LogP contribution in [-0.4, -0.2) is 28.3 Å². The van der Waals surface area contributed by atoms with Crippen molar-refractivity contribution in [3.8, 4) is 11.5 Å². The smallest absolute Gasteiger partial charge is 0.310 e. The Morgan fingerprint density at radius 3 is 2.33 bits per heavy atom. The maximum absolute atomic E-state index is 13.2. The van der Waals surface area contributed by atoms with Crippen LogP contribution in [0.3, 0.4) is 0 Å². The Bertz CT molecular complexity index is 1080. The van der Waals surface area contributed by atoms with Crippen LogP contribution < -0.4 is 9.47 Å². The van der Waals surface area contributed by atoms with Crippen LogP contribution in [0, 0.1) is 13.8 Å². The predicted octanol–water partition coefficient (Wildman–Crippen LogP) is 3.86. The van der Waals surface area contributed by atoms with Crippen LogP contribution >= 0.6 is 0 Å². The van der Waals surface area contributed by atoms with E-state index in [2.05, 4.69) is 0 Å². The summed E-state index contributed by atoms with van der Waals surface area (Å²) < 4.78 is 12.5. The Morgan fingerprint density at radius 1 is 1.07 bits per heavy atom. The highest BCUT2D eigenvalue weighted by atomic mass is 16.7. The van der Waals surface area contributed by atoms with Gasteiger partial charge in [-0.15, -0.1) is 0 Å². The van der Waals surface area contributed by atoms with Gasteiger partial charge in [0.25, 0.3) is 5.91 Å². The van der Waals surface area contributed by atoms with Gasteiger partial charge >= 0.3 is 5.97 Å². The molecule has 2 aromatic carbocycles. The van der Waals surface area contributed by atoms with E-state index in [1.165, 1.54) is 0 Å². The second kappa shape index (κ2) is 6.16. The van der Waals surface area contributed by atoms with E-state index < -0.39 is 11.9 Å². The average molecular weight is 365 g/mol. The number of rotatable bonds is 3. The zero-order valence-electron chi connectivity index (χ0n) is 15.3. The number of hydrogen-bond acceptors (Lipinski definition) is 4. The molecule has 1 N–H and O–H groups in total. The lowest BCUT2D eigenvalue weighted by Crippen LogP contribution is -2.15. The zero-order chi connectivity index (χ0) is 19.3. The fourth-order valence-electron chi connectivity index (χ4n) is 3.59. The van der Waals surface area contributed by atoms with E-state index in [1.807, 2.05) is 19.1 Å². The molecule has 0 bridgehead atoms. The van der Waals surface area contributed by atoms with Gasteiger partial charge in [0.15, 0.2) is 11.5 Å². The molecule has 0 saturated carbocycles. The number of fused-ring (bicyclic) bond motifs is 2. The summed E-state index contributed by atoms with van der Waals surface area (Å²) in [5.74, 6) is -0.813. The van der Waals surface area contributed by atoms with E-state index >= 15 is 0 Å². The van der Waals surface area contributed by atoms with Gasteiger partial charge in [0, 0.05) is 22.7 Å². The van der Waals surface area contributed by atoms with Gasteiger partial charge < -0.3 is 14.6 Å². The van der Waals surface area contributed by atoms with E-state index in [4.69, 9.17) is 9.47 Å². The van der Waals surface area contributed by atoms with Crippen molar-refractivity contribution in [3.63, 3.8) is 0 Å². The van der Waals surface area contributed by atoms with Crippen LogP contribution in [0.25, 0.3) is 10.9 Å². The third-order valence-electron chi connectivity index (χ3n) is 5.05. The Labute approximate surface area is 155 Å². The van der Waals surface area contributed by atoms with Crippen molar-refractivity contribution < 1.29 is 24.2 Å². The molecule has 138 valence electrons. The molecule has 0 fully saturated rings. The minimum absolute atomic E-state index is 0.108. The molecule has 1 aliphatic rings. The molecule has 0 amide bonds. The monoisotopic (exact) mass is 365 g/mol. The van der Waals surface area contributed by atoms with Gasteiger partial charge in [0.05, 0.1) is 11.4 Å². The van der Waals surface area contributed by atoms with Gasteiger partial charge in [-0.3, -0.25) is 14.2 Å². The molecule has 0 radical (unpaired) electrons. The lowest BCUT2D eigenvalue weighted by molar-refractivity contribution is -0.138. The molecule has 1 unspecified atom stereocenters. The lowest BCUT2D eigenvalue weighted by atomic mass is 9.98. The topological polar surface area (TPSA) is 77.8 Å². The normalized spacial score (nSPS) is 13.7. The maximum Gasteiger partial charge on any atom is 0.310 e. The van der Waals surface area contributed by atoms with E-state index in [0.29, 0.717) is 39.2 Å². The lowest BCUT2D eigenvalue weighted by Gasteiger charge is -2.10. The van der Waals surface area contributed by atoms with Crippen LogP contribution in [0.2, 0.25) is 0 Å². The minimum atomic E-state index is -0.947. The third-order valence-corrected chi connectivity index (χ3v) is 5.05. The van der Waals surface area contributed by atoms with Crippen molar-refractivity contribution >= 4 is 22.8 Å². The number of carboxylic acid groups (broad SMARTS) is 1. The van der Waals surface area contributed by atoms with Crippen LogP contribution in [0.15, 0.2) is 36.4 Å². The Morgan fingerprint density at radius 2 is 1.70 bits per heavy atom. The van der Waals surface area contributed by atoms with Crippen molar-refractivity contribution in [3.05, 3.63) is 58.8 Å². The quantitative estimate of drug-likeness (QED) is 0.762. The Hall–Kier alpha value is -3.28. The molecule has 1 atom stereocenters.